The minimum absolute atomic E-state index is 0.677. The summed E-state index contributed by atoms with van der Waals surface area (Å²) < 4.78 is 5.33. The Morgan fingerprint density at radius 2 is 1.80 bits per heavy atom. The maximum absolute atomic E-state index is 5.59. The summed E-state index contributed by atoms with van der Waals surface area (Å²) in [4.78, 5) is 0. The molecule has 0 saturated carbocycles. The molecule has 15 heavy (non-hydrogen) atoms. The van der Waals surface area contributed by atoms with Crippen molar-refractivity contribution in [3.63, 3.8) is 0 Å². The average molecular weight is 201 g/mol. The lowest BCUT2D eigenvalue weighted by Gasteiger charge is -2.08. The average Bonchev–Trinajstić information content (AvgIpc) is 2.29. The summed E-state index contributed by atoms with van der Waals surface area (Å²) in [5.74, 6) is 0.923. The van der Waals surface area contributed by atoms with Crippen molar-refractivity contribution in [2.45, 2.75) is 6.42 Å². The van der Waals surface area contributed by atoms with Crippen LogP contribution < -0.4 is 10.5 Å². The number of ether oxygens (including phenoxy) is 1. The van der Waals surface area contributed by atoms with Gasteiger partial charge in [0.25, 0.3) is 0 Å². The van der Waals surface area contributed by atoms with E-state index in [4.69, 9.17) is 10.5 Å². The van der Waals surface area contributed by atoms with Crippen LogP contribution in [0.3, 0.4) is 0 Å². The highest BCUT2D eigenvalue weighted by Gasteiger charge is 2.03. The number of hydrogen-bond acceptors (Lipinski definition) is 2. The van der Waals surface area contributed by atoms with E-state index >= 15 is 0 Å². The molecule has 78 valence electrons. The van der Waals surface area contributed by atoms with Crippen LogP contribution in [0.4, 0.5) is 0 Å². The van der Waals surface area contributed by atoms with Gasteiger partial charge in [-0.25, -0.2) is 0 Å². The van der Waals surface area contributed by atoms with Crippen LogP contribution in [0.5, 0.6) is 5.75 Å². The van der Waals surface area contributed by atoms with Crippen LogP contribution in [0.15, 0.2) is 36.4 Å². The van der Waals surface area contributed by atoms with E-state index in [9.17, 15) is 0 Å². The van der Waals surface area contributed by atoms with Crippen molar-refractivity contribution in [2.75, 3.05) is 13.7 Å². The molecule has 0 fully saturated rings. The summed E-state index contributed by atoms with van der Waals surface area (Å²) in [6, 6.07) is 12.4. The Labute approximate surface area is 89.7 Å². The lowest BCUT2D eigenvalue weighted by molar-refractivity contribution is 0.420. The smallest absolute Gasteiger partial charge is 0.126 e. The summed E-state index contributed by atoms with van der Waals surface area (Å²) in [5, 5.41) is 2.40. The van der Waals surface area contributed by atoms with Gasteiger partial charge in [-0.15, -0.1) is 0 Å². The van der Waals surface area contributed by atoms with Gasteiger partial charge in [-0.2, -0.15) is 0 Å². The van der Waals surface area contributed by atoms with Gasteiger partial charge in [0.05, 0.1) is 7.11 Å². The number of hydrogen-bond donors (Lipinski definition) is 1. The molecule has 0 aromatic heterocycles. The third kappa shape index (κ3) is 1.81. The predicted octanol–water partition coefficient (Wildman–Crippen LogP) is 2.35. The van der Waals surface area contributed by atoms with Crippen molar-refractivity contribution in [1.29, 1.82) is 0 Å². The van der Waals surface area contributed by atoms with Gasteiger partial charge in [-0.1, -0.05) is 30.3 Å². The molecule has 2 rings (SSSR count). The largest absolute Gasteiger partial charge is 0.496 e. The molecule has 0 saturated heterocycles. The van der Waals surface area contributed by atoms with Crippen molar-refractivity contribution in [2.24, 2.45) is 5.73 Å². The van der Waals surface area contributed by atoms with Gasteiger partial charge in [-0.3, -0.25) is 0 Å². The summed E-state index contributed by atoms with van der Waals surface area (Å²) >= 11 is 0. The van der Waals surface area contributed by atoms with Crippen LogP contribution in [0.1, 0.15) is 5.56 Å². The first-order valence-corrected chi connectivity index (χ1v) is 5.11. The fourth-order valence-electron chi connectivity index (χ4n) is 1.90. The predicted molar refractivity (Wildman–Crippen MR) is 63.3 cm³/mol. The Hall–Kier alpha value is -1.54. The third-order valence-corrected chi connectivity index (χ3v) is 2.61. The number of rotatable bonds is 3. The summed E-state index contributed by atoms with van der Waals surface area (Å²) in [6.07, 6.45) is 0.907. The molecule has 2 N–H and O–H groups in total. The minimum atomic E-state index is 0.677. The van der Waals surface area contributed by atoms with Gasteiger partial charge in [0.1, 0.15) is 5.75 Å². The molecule has 2 nitrogen and oxygen atoms in total. The van der Waals surface area contributed by atoms with Crippen LogP contribution in [-0.4, -0.2) is 13.7 Å². The van der Waals surface area contributed by atoms with Gasteiger partial charge < -0.3 is 10.5 Å². The van der Waals surface area contributed by atoms with E-state index in [0.717, 1.165) is 17.6 Å². The standard InChI is InChI=1S/C13H15NO/c1-15-13-7-3-5-11-10(8-9-14)4-2-6-12(11)13/h2-7H,8-9,14H2,1H3. The van der Waals surface area contributed by atoms with Crippen molar-refractivity contribution < 1.29 is 4.74 Å². The molecule has 0 aliphatic carbocycles. The molecule has 0 unspecified atom stereocenters. The van der Waals surface area contributed by atoms with Crippen LogP contribution >= 0.6 is 0 Å². The second-order valence-electron chi connectivity index (χ2n) is 3.51. The zero-order valence-electron chi connectivity index (χ0n) is 8.86. The van der Waals surface area contributed by atoms with Gasteiger partial charge >= 0.3 is 0 Å². The first-order chi connectivity index (χ1) is 7.36. The number of methoxy groups -OCH3 is 1. The Morgan fingerprint density at radius 1 is 1.07 bits per heavy atom. The Balaban J connectivity index is 2.65. The third-order valence-electron chi connectivity index (χ3n) is 2.61. The van der Waals surface area contributed by atoms with Gasteiger partial charge in [-0.05, 0) is 30.0 Å². The second kappa shape index (κ2) is 4.32. The Bertz CT molecular complexity index is 465. The highest BCUT2D eigenvalue weighted by Crippen LogP contribution is 2.27. The van der Waals surface area contributed by atoms with Crippen molar-refractivity contribution in [1.82, 2.24) is 0 Å². The molecule has 2 aromatic rings. The monoisotopic (exact) mass is 201 g/mol. The van der Waals surface area contributed by atoms with E-state index in [2.05, 4.69) is 24.3 Å². The molecule has 2 aromatic carbocycles. The maximum atomic E-state index is 5.59. The molecule has 0 bridgehead atoms. The number of fused-ring (bicyclic) bond motifs is 1. The van der Waals surface area contributed by atoms with Crippen LogP contribution in [0, 0.1) is 0 Å². The van der Waals surface area contributed by atoms with Crippen molar-refractivity contribution in [3.8, 4) is 5.75 Å². The fraction of sp³-hybridized carbons (Fsp3) is 0.231. The molecule has 0 amide bonds. The summed E-state index contributed by atoms with van der Waals surface area (Å²) in [7, 11) is 1.70. The normalized spacial score (nSPS) is 10.5. The topological polar surface area (TPSA) is 35.2 Å². The lowest BCUT2D eigenvalue weighted by atomic mass is 10.0. The van der Waals surface area contributed by atoms with Crippen LogP contribution in [-0.2, 0) is 6.42 Å². The number of benzene rings is 2. The maximum Gasteiger partial charge on any atom is 0.126 e. The molecule has 0 spiro atoms. The first-order valence-electron chi connectivity index (χ1n) is 5.11. The lowest BCUT2D eigenvalue weighted by Crippen LogP contribution is -2.03. The summed E-state index contributed by atoms with van der Waals surface area (Å²) in [5.41, 5.74) is 6.88. The highest BCUT2D eigenvalue weighted by atomic mass is 16.5. The molecule has 0 atom stereocenters. The zero-order chi connectivity index (χ0) is 10.7. The van der Waals surface area contributed by atoms with Crippen molar-refractivity contribution >= 4 is 10.8 Å². The minimum Gasteiger partial charge on any atom is -0.496 e. The van der Waals surface area contributed by atoms with E-state index in [-0.39, 0.29) is 0 Å². The SMILES string of the molecule is COc1cccc2c(CCN)cccc12. The van der Waals surface area contributed by atoms with E-state index in [1.165, 1.54) is 10.9 Å². The van der Waals surface area contributed by atoms with E-state index < -0.39 is 0 Å². The summed E-state index contributed by atoms with van der Waals surface area (Å²) in [6.45, 7) is 0.677. The van der Waals surface area contributed by atoms with Gasteiger partial charge in [0, 0.05) is 5.39 Å². The van der Waals surface area contributed by atoms with E-state index in [1.807, 2.05) is 12.1 Å². The molecule has 2 heteroatoms. The van der Waals surface area contributed by atoms with Crippen molar-refractivity contribution in [3.05, 3.63) is 42.0 Å². The van der Waals surface area contributed by atoms with Crippen LogP contribution in [0.25, 0.3) is 10.8 Å². The molecular formula is C13H15NO. The van der Waals surface area contributed by atoms with Crippen LogP contribution in [0.2, 0.25) is 0 Å². The molecular weight excluding hydrogens is 186 g/mol. The molecule has 0 radical (unpaired) electrons. The number of nitrogens with two attached hydrogens (primary N) is 1. The van der Waals surface area contributed by atoms with Gasteiger partial charge in [0.2, 0.25) is 0 Å². The Kier molecular flexibility index (Phi) is 2.88. The quantitative estimate of drug-likeness (QED) is 0.827. The molecule has 0 aliphatic rings. The van der Waals surface area contributed by atoms with Gasteiger partial charge in [0.15, 0.2) is 0 Å². The highest BCUT2D eigenvalue weighted by molar-refractivity contribution is 5.90. The zero-order valence-corrected chi connectivity index (χ0v) is 8.86. The molecule has 0 heterocycles. The first kappa shape index (κ1) is 9.99. The van der Waals surface area contributed by atoms with E-state index in [1.54, 1.807) is 7.11 Å². The fourth-order valence-corrected chi connectivity index (χ4v) is 1.90. The second-order valence-corrected chi connectivity index (χ2v) is 3.51. The molecule has 0 aliphatic heterocycles. The Morgan fingerprint density at radius 3 is 2.53 bits per heavy atom. The van der Waals surface area contributed by atoms with E-state index in [0.29, 0.717) is 6.54 Å².